The van der Waals surface area contributed by atoms with Gasteiger partial charge < -0.3 is 23.5 Å². The maximum absolute atomic E-state index is 13.4. The van der Waals surface area contributed by atoms with Crippen LogP contribution in [0.3, 0.4) is 0 Å². The monoisotopic (exact) mass is 487 g/mol. The van der Waals surface area contributed by atoms with E-state index in [4.69, 9.17) is 18.6 Å². The van der Waals surface area contributed by atoms with Crippen LogP contribution in [-0.2, 0) is 0 Å². The molecular weight excluding hydrogens is 454 g/mol. The second kappa shape index (κ2) is 11.8. The normalized spacial score (nSPS) is 13.6. The zero-order valence-electron chi connectivity index (χ0n) is 21.4. The van der Waals surface area contributed by atoms with E-state index in [1.165, 1.54) is 32.4 Å². The van der Waals surface area contributed by atoms with E-state index in [2.05, 4.69) is 11.9 Å². The molecule has 6 nitrogen and oxygen atoms in total. The molecule has 0 radical (unpaired) electrons. The van der Waals surface area contributed by atoms with Crippen LogP contribution in [0, 0.1) is 0 Å². The lowest BCUT2D eigenvalue weighted by atomic mass is 9.97. The van der Waals surface area contributed by atoms with Crippen LogP contribution in [-0.4, -0.2) is 52.1 Å². The van der Waals surface area contributed by atoms with Gasteiger partial charge in [-0.05, 0) is 93.6 Å². The van der Waals surface area contributed by atoms with Gasteiger partial charge >= 0.3 is 0 Å². The summed E-state index contributed by atoms with van der Waals surface area (Å²) < 4.78 is 21.9. The van der Waals surface area contributed by atoms with Crippen LogP contribution in [0.15, 0.2) is 71.1 Å². The van der Waals surface area contributed by atoms with E-state index in [1.54, 1.807) is 51.7 Å². The summed E-state index contributed by atoms with van der Waals surface area (Å²) >= 11 is 0. The van der Waals surface area contributed by atoms with Gasteiger partial charge in [-0.1, -0.05) is 6.42 Å². The Bertz CT molecular complexity index is 1290. The molecular formula is C30H33NO5. The number of carbonyl (C=O) groups excluding carboxylic acids is 1. The summed E-state index contributed by atoms with van der Waals surface area (Å²) in [4.78, 5) is 15.8. The van der Waals surface area contributed by atoms with E-state index >= 15 is 0 Å². The minimum Gasteiger partial charge on any atom is -0.497 e. The van der Waals surface area contributed by atoms with E-state index < -0.39 is 0 Å². The Labute approximate surface area is 212 Å². The smallest absolute Gasteiger partial charge is 0.197 e. The van der Waals surface area contributed by atoms with Crippen LogP contribution < -0.4 is 14.2 Å². The first kappa shape index (κ1) is 25.3. The predicted octanol–water partition coefficient (Wildman–Crippen LogP) is 6.46. The third kappa shape index (κ3) is 5.71. The van der Waals surface area contributed by atoms with Gasteiger partial charge in [0.05, 0.1) is 26.9 Å². The number of ketones is 1. The summed E-state index contributed by atoms with van der Waals surface area (Å²) in [6, 6.07) is 19.9. The van der Waals surface area contributed by atoms with Gasteiger partial charge in [0.2, 0.25) is 0 Å². The fourth-order valence-corrected chi connectivity index (χ4v) is 4.31. The van der Waals surface area contributed by atoms with E-state index in [9.17, 15) is 4.79 Å². The molecule has 0 unspecified atom stereocenters. The zero-order valence-corrected chi connectivity index (χ0v) is 21.4. The Morgan fingerprint density at radius 3 is 1.83 bits per heavy atom. The van der Waals surface area contributed by atoms with Gasteiger partial charge in [0.25, 0.3) is 0 Å². The zero-order chi connectivity index (χ0) is 25.5. The molecule has 0 aliphatic carbocycles. The second-order valence-electron chi connectivity index (χ2n) is 8.82. The van der Waals surface area contributed by atoms with Gasteiger partial charge in [0.15, 0.2) is 5.78 Å². The number of likely N-dealkylation sites (tertiary alicyclic amines) is 1. The number of hydrogen-bond donors (Lipinski definition) is 0. The predicted molar refractivity (Wildman–Crippen MR) is 143 cm³/mol. The standard InChI is InChI=1S/C24H20O5.C6H13N/c1-26-17-8-4-15(5-9-17)23(25)22-20-13-12-19(28-3)14-21(20)29-24(22)16-6-10-18(27-2)11-7-16;1-7-5-3-2-4-6-7/h4-14H,1-3H3;2-6H2,1H3. The van der Waals surface area contributed by atoms with Crippen molar-refractivity contribution in [2.45, 2.75) is 19.3 Å². The van der Waals surface area contributed by atoms with Gasteiger partial charge in [-0.25, -0.2) is 0 Å². The SMILES string of the molecule is CN1CCCCC1.COc1ccc(C(=O)c2c(-c3ccc(OC)cc3)oc3cc(OC)ccc23)cc1. The number of nitrogens with zero attached hydrogens (tertiary/aromatic N) is 1. The average Bonchev–Trinajstić information content (AvgIpc) is 3.32. The number of rotatable bonds is 6. The number of fused-ring (bicyclic) bond motifs is 1. The van der Waals surface area contributed by atoms with Crippen molar-refractivity contribution in [3.8, 4) is 28.6 Å². The van der Waals surface area contributed by atoms with Crippen molar-refractivity contribution in [3.05, 3.63) is 77.9 Å². The molecule has 0 spiro atoms. The first-order valence-corrected chi connectivity index (χ1v) is 12.2. The van der Waals surface area contributed by atoms with Gasteiger partial charge in [-0.2, -0.15) is 0 Å². The molecule has 2 heterocycles. The van der Waals surface area contributed by atoms with Gasteiger partial charge in [-0.15, -0.1) is 0 Å². The highest BCUT2D eigenvalue weighted by Crippen LogP contribution is 2.37. The second-order valence-corrected chi connectivity index (χ2v) is 8.82. The lowest BCUT2D eigenvalue weighted by Crippen LogP contribution is -2.24. The first-order valence-electron chi connectivity index (χ1n) is 12.2. The molecule has 1 fully saturated rings. The summed E-state index contributed by atoms with van der Waals surface area (Å²) in [5.74, 6) is 2.48. The third-order valence-corrected chi connectivity index (χ3v) is 6.41. The molecule has 5 rings (SSSR count). The third-order valence-electron chi connectivity index (χ3n) is 6.41. The van der Waals surface area contributed by atoms with Gasteiger partial charge in [-0.3, -0.25) is 4.79 Å². The van der Waals surface area contributed by atoms with E-state index in [0.29, 0.717) is 34.0 Å². The highest BCUT2D eigenvalue weighted by Gasteiger charge is 2.23. The molecule has 4 aromatic rings. The van der Waals surface area contributed by atoms with Crippen molar-refractivity contribution in [3.63, 3.8) is 0 Å². The molecule has 0 amide bonds. The van der Waals surface area contributed by atoms with Crippen LogP contribution in [0.25, 0.3) is 22.3 Å². The van der Waals surface area contributed by atoms with Gasteiger partial charge in [0, 0.05) is 22.6 Å². The first-order chi connectivity index (χ1) is 17.5. The quantitative estimate of drug-likeness (QED) is 0.291. The Kier molecular flexibility index (Phi) is 8.28. The summed E-state index contributed by atoms with van der Waals surface area (Å²) in [6.07, 6.45) is 4.28. The molecule has 36 heavy (non-hydrogen) atoms. The van der Waals surface area contributed by atoms with Crippen molar-refractivity contribution in [1.82, 2.24) is 4.90 Å². The molecule has 0 bridgehead atoms. The number of methoxy groups -OCH3 is 3. The van der Waals surface area contributed by atoms with Crippen molar-refractivity contribution in [2.75, 3.05) is 41.5 Å². The fraction of sp³-hybridized carbons (Fsp3) is 0.300. The van der Waals surface area contributed by atoms with Crippen LogP contribution in [0.5, 0.6) is 17.2 Å². The number of hydrogen-bond acceptors (Lipinski definition) is 6. The molecule has 1 aromatic heterocycles. The lowest BCUT2D eigenvalue weighted by Gasteiger charge is -2.20. The van der Waals surface area contributed by atoms with E-state index in [0.717, 1.165) is 16.7 Å². The van der Waals surface area contributed by atoms with E-state index in [1.807, 2.05) is 36.4 Å². The number of ether oxygens (including phenoxy) is 3. The summed E-state index contributed by atoms with van der Waals surface area (Å²) in [5, 5.41) is 0.734. The molecule has 6 heteroatoms. The summed E-state index contributed by atoms with van der Waals surface area (Å²) in [6.45, 7) is 2.64. The molecule has 3 aromatic carbocycles. The minimum absolute atomic E-state index is 0.123. The lowest BCUT2D eigenvalue weighted by molar-refractivity contribution is 0.104. The fourth-order valence-electron chi connectivity index (χ4n) is 4.31. The molecule has 0 atom stereocenters. The number of piperidine rings is 1. The summed E-state index contributed by atoms with van der Waals surface area (Å²) in [7, 11) is 6.99. The van der Waals surface area contributed by atoms with Crippen molar-refractivity contribution >= 4 is 16.8 Å². The Morgan fingerprint density at radius 2 is 1.31 bits per heavy atom. The highest BCUT2D eigenvalue weighted by atomic mass is 16.5. The van der Waals surface area contributed by atoms with Crippen molar-refractivity contribution < 1.29 is 23.4 Å². The Morgan fingerprint density at radius 1 is 0.750 bits per heavy atom. The maximum Gasteiger partial charge on any atom is 0.197 e. The molecule has 1 aliphatic rings. The maximum atomic E-state index is 13.4. The molecule has 1 saturated heterocycles. The largest absolute Gasteiger partial charge is 0.497 e. The van der Waals surface area contributed by atoms with Crippen molar-refractivity contribution in [2.24, 2.45) is 0 Å². The summed E-state index contributed by atoms with van der Waals surface area (Å²) in [5.41, 5.74) is 2.45. The van der Waals surface area contributed by atoms with Crippen LogP contribution in [0.2, 0.25) is 0 Å². The Balaban J connectivity index is 0.000000375. The van der Waals surface area contributed by atoms with E-state index in [-0.39, 0.29) is 5.78 Å². The number of benzene rings is 3. The van der Waals surface area contributed by atoms with Crippen LogP contribution >= 0.6 is 0 Å². The average molecular weight is 488 g/mol. The Hall–Kier alpha value is -3.77. The van der Waals surface area contributed by atoms with Gasteiger partial charge in [0.1, 0.15) is 28.6 Å². The minimum atomic E-state index is -0.123. The molecule has 1 aliphatic heterocycles. The molecule has 0 saturated carbocycles. The number of carbonyl (C=O) groups is 1. The number of furan rings is 1. The molecule has 0 N–H and O–H groups in total. The topological polar surface area (TPSA) is 61.1 Å². The molecule has 188 valence electrons. The van der Waals surface area contributed by atoms with Crippen molar-refractivity contribution in [1.29, 1.82) is 0 Å². The highest BCUT2D eigenvalue weighted by molar-refractivity contribution is 6.19. The van der Waals surface area contributed by atoms with Crippen LogP contribution in [0.4, 0.5) is 0 Å². The van der Waals surface area contributed by atoms with Crippen LogP contribution in [0.1, 0.15) is 35.2 Å².